The van der Waals surface area contributed by atoms with Crippen molar-refractivity contribution in [2.24, 2.45) is 0 Å². The number of urea groups is 1. The summed E-state index contributed by atoms with van der Waals surface area (Å²) in [4.78, 5) is 26.7. The summed E-state index contributed by atoms with van der Waals surface area (Å²) in [6.07, 6.45) is 7.50. The molecule has 0 bridgehead atoms. The normalized spacial score (nSPS) is 18.2. The lowest BCUT2D eigenvalue weighted by Gasteiger charge is -2.40. The number of halogens is 1. The maximum atomic E-state index is 13.2. The van der Waals surface area contributed by atoms with Crippen LogP contribution in [0.15, 0.2) is 73.2 Å². The molecule has 2 aromatic heterocycles. The third-order valence-electron chi connectivity index (χ3n) is 8.81. The summed E-state index contributed by atoms with van der Waals surface area (Å²) in [6, 6.07) is 17.7. The van der Waals surface area contributed by atoms with E-state index >= 15 is 0 Å². The number of rotatable bonds is 6. The van der Waals surface area contributed by atoms with Crippen LogP contribution in [0, 0.1) is 6.92 Å². The second kappa shape index (κ2) is 12.2. The number of piperazine rings is 1. The Bertz CT molecular complexity index is 1690. The van der Waals surface area contributed by atoms with Crippen molar-refractivity contribution in [1.29, 1.82) is 0 Å². The molecule has 2 unspecified atom stereocenters. The van der Waals surface area contributed by atoms with Crippen LogP contribution in [0.25, 0.3) is 11.6 Å². The van der Waals surface area contributed by atoms with Gasteiger partial charge in [-0.1, -0.05) is 49.7 Å². The topological polar surface area (TPSA) is 86.5 Å². The Kier molecular flexibility index (Phi) is 8.33. The number of hydrogen-bond acceptors (Lipinski definition) is 5. The van der Waals surface area contributed by atoms with Crippen molar-refractivity contribution in [3.8, 4) is 0 Å². The minimum atomic E-state index is -1.23. The predicted molar refractivity (Wildman–Crippen MR) is 176 cm³/mol. The van der Waals surface area contributed by atoms with Gasteiger partial charge in [-0.15, -0.1) is 0 Å². The molecular formula is C35H39ClN6O2. The minimum absolute atomic E-state index is 0.0942. The fourth-order valence-electron chi connectivity index (χ4n) is 6.30. The first-order valence-corrected chi connectivity index (χ1v) is 15.6. The first-order valence-electron chi connectivity index (χ1n) is 15.2. The van der Waals surface area contributed by atoms with E-state index in [-0.39, 0.29) is 12.1 Å². The summed E-state index contributed by atoms with van der Waals surface area (Å²) < 4.78 is 1.96. The van der Waals surface area contributed by atoms with Crippen molar-refractivity contribution in [2.45, 2.75) is 51.8 Å². The van der Waals surface area contributed by atoms with Gasteiger partial charge in [-0.25, -0.2) is 9.78 Å². The Labute approximate surface area is 264 Å². The van der Waals surface area contributed by atoms with E-state index in [1.165, 1.54) is 5.56 Å². The molecule has 1 fully saturated rings. The van der Waals surface area contributed by atoms with Gasteiger partial charge < -0.3 is 19.9 Å². The van der Waals surface area contributed by atoms with Crippen LogP contribution in [0.2, 0.25) is 5.02 Å². The number of imidazole rings is 1. The molecule has 0 saturated carbocycles. The summed E-state index contributed by atoms with van der Waals surface area (Å²) in [5.74, 6) is 1.27. The monoisotopic (exact) mass is 610 g/mol. The Morgan fingerprint density at radius 1 is 1.07 bits per heavy atom. The average molecular weight is 611 g/mol. The number of fused-ring (bicyclic) bond motifs is 2. The van der Waals surface area contributed by atoms with Crippen LogP contribution >= 0.6 is 11.6 Å². The molecule has 3 heterocycles. The maximum absolute atomic E-state index is 13.2. The molecule has 1 saturated heterocycles. The Hall–Kier alpha value is -3.98. The van der Waals surface area contributed by atoms with Crippen molar-refractivity contribution < 1.29 is 9.90 Å². The fourth-order valence-corrected chi connectivity index (χ4v) is 6.47. The van der Waals surface area contributed by atoms with Gasteiger partial charge in [0.25, 0.3) is 0 Å². The van der Waals surface area contributed by atoms with E-state index in [2.05, 4.69) is 59.4 Å². The van der Waals surface area contributed by atoms with Gasteiger partial charge in [0.2, 0.25) is 0 Å². The van der Waals surface area contributed by atoms with Gasteiger partial charge in [0.05, 0.1) is 18.3 Å². The van der Waals surface area contributed by atoms with Gasteiger partial charge in [-0.05, 0) is 84.0 Å². The number of aliphatic hydroxyl groups is 1. The lowest BCUT2D eigenvalue weighted by atomic mass is 9.85. The molecule has 1 aliphatic carbocycles. The highest BCUT2D eigenvalue weighted by Crippen LogP contribution is 2.44. The molecule has 2 aromatic carbocycles. The second-order valence-electron chi connectivity index (χ2n) is 12.3. The van der Waals surface area contributed by atoms with Crippen molar-refractivity contribution in [3.05, 3.63) is 112 Å². The van der Waals surface area contributed by atoms with Gasteiger partial charge in [-0.2, -0.15) is 0 Å². The smallest absolute Gasteiger partial charge is 0.321 e. The van der Waals surface area contributed by atoms with Crippen LogP contribution in [-0.2, 0) is 6.54 Å². The van der Waals surface area contributed by atoms with Crippen molar-refractivity contribution >= 4 is 35.0 Å². The molecule has 0 radical (unpaired) electrons. The minimum Gasteiger partial charge on any atom is -0.384 e. The number of anilines is 1. The lowest BCUT2D eigenvalue weighted by Crippen LogP contribution is -2.51. The van der Waals surface area contributed by atoms with Crippen molar-refractivity contribution in [2.75, 3.05) is 31.5 Å². The first-order chi connectivity index (χ1) is 21.1. The highest BCUT2D eigenvalue weighted by Gasteiger charge is 2.38. The summed E-state index contributed by atoms with van der Waals surface area (Å²) in [5.41, 5.74) is 5.39. The number of carbonyl (C=O) groups excluding carboxylic acids is 1. The zero-order valence-corrected chi connectivity index (χ0v) is 26.4. The van der Waals surface area contributed by atoms with Crippen LogP contribution in [0.1, 0.15) is 66.5 Å². The third-order valence-corrected chi connectivity index (χ3v) is 9.04. The molecule has 9 heteroatoms. The molecule has 6 rings (SSSR count). The standard InChI is InChI=1S/C35H39ClN6O2/c1-23(2)25-7-10-28(11-8-25)39-34(43)41-18-16-40(17-19-41)33-29-12-9-27(36)21-30(29)31(20-26-6-5-13-38-32(26)33)35(4,44)22-42-15-14-37-24(42)3/h5-15,20-21,23,33,44H,16-19,22H2,1-4H3,(H,39,43). The maximum Gasteiger partial charge on any atom is 0.321 e. The molecule has 44 heavy (non-hydrogen) atoms. The average Bonchev–Trinajstić information content (AvgIpc) is 3.33. The van der Waals surface area contributed by atoms with Gasteiger partial charge >= 0.3 is 6.03 Å². The summed E-state index contributed by atoms with van der Waals surface area (Å²) in [5, 5.41) is 15.7. The van der Waals surface area contributed by atoms with Gasteiger partial charge in [-0.3, -0.25) is 9.88 Å². The number of carbonyl (C=O) groups is 1. The molecule has 2 amide bonds. The zero-order valence-electron chi connectivity index (χ0n) is 25.7. The lowest BCUT2D eigenvalue weighted by molar-refractivity contribution is 0.102. The largest absolute Gasteiger partial charge is 0.384 e. The van der Waals surface area contributed by atoms with Crippen LogP contribution in [0.5, 0.6) is 0 Å². The van der Waals surface area contributed by atoms with Crippen LogP contribution in [0.4, 0.5) is 10.5 Å². The molecule has 2 atom stereocenters. The molecule has 2 aliphatic rings. The number of hydrogen-bond donors (Lipinski definition) is 2. The number of benzene rings is 2. The highest BCUT2D eigenvalue weighted by atomic mass is 35.5. The van der Waals surface area contributed by atoms with Crippen LogP contribution < -0.4 is 5.32 Å². The molecular weight excluding hydrogens is 572 g/mol. The van der Waals surface area contributed by atoms with Gasteiger partial charge in [0.15, 0.2) is 0 Å². The Morgan fingerprint density at radius 3 is 2.50 bits per heavy atom. The first kappa shape index (κ1) is 30.1. The van der Waals surface area contributed by atoms with Gasteiger partial charge in [0, 0.05) is 55.5 Å². The third kappa shape index (κ3) is 6.02. The number of amides is 2. The number of aromatic nitrogens is 3. The van der Waals surface area contributed by atoms with Crippen LogP contribution in [-0.4, -0.2) is 67.3 Å². The number of aryl methyl sites for hydroxylation is 1. The van der Waals surface area contributed by atoms with Crippen molar-refractivity contribution in [3.63, 3.8) is 0 Å². The second-order valence-corrected chi connectivity index (χ2v) is 12.7. The molecule has 228 valence electrons. The van der Waals surface area contributed by atoms with Gasteiger partial charge in [0.1, 0.15) is 11.4 Å². The summed E-state index contributed by atoms with van der Waals surface area (Å²) >= 11 is 6.60. The number of nitrogens with one attached hydrogen (secondary N) is 1. The van der Waals surface area contributed by atoms with Crippen molar-refractivity contribution in [1.82, 2.24) is 24.3 Å². The van der Waals surface area contributed by atoms with E-state index in [9.17, 15) is 9.90 Å². The molecule has 1 aliphatic heterocycles. The molecule has 4 aromatic rings. The van der Waals surface area contributed by atoms with E-state index in [1.54, 1.807) is 6.20 Å². The number of nitrogens with zero attached hydrogens (tertiary/aromatic N) is 5. The van der Waals surface area contributed by atoms with E-state index in [0.29, 0.717) is 43.7 Å². The van der Waals surface area contributed by atoms with E-state index in [1.807, 2.05) is 66.0 Å². The van der Waals surface area contributed by atoms with E-state index in [4.69, 9.17) is 16.6 Å². The van der Waals surface area contributed by atoms with E-state index in [0.717, 1.165) is 39.5 Å². The molecule has 8 nitrogen and oxygen atoms in total. The molecule has 0 spiro atoms. The van der Waals surface area contributed by atoms with Crippen LogP contribution in [0.3, 0.4) is 0 Å². The highest BCUT2D eigenvalue weighted by molar-refractivity contribution is 6.30. The molecule has 2 N–H and O–H groups in total. The summed E-state index contributed by atoms with van der Waals surface area (Å²) in [7, 11) is 0. The predicted octanol–water partition coefficient (Wildman–Crippen LogP) is 6.61. The Balaban J connectivity index is 1.28. The zero-order chi connectivity index (χ0) is 31.0. The summed E-state index contributed by atoms with van der Waals surface area (Å²) in [6.45, 7) is 10.9. The number of pyridine rings is 1. The van der Waals surface area contributed by atoms with E-state index < -0.39 is 5.60 Å². The SMILES string of the molecule is Cc1nccn1CC(C)(O)C1=Cc2cccnc2C(N2CCN(C(=O)Nc3ccc(C(C)C)cc3)CC2)c2ccc(Cl)cc21. The fraction of sp³-hybridized carbons (Fsp3) is 0.343. The Morgan fingerprint density at radius 2 is 1.82 bits per heavy atom. The quantitative estimate of drug-likeness (QED) is 0.257.